The number of carbonyl (C=O) groups excluding carboxylic acids is 1. The molecule has 0 aromatic carbocycles. The first-order chi connectivity index (χ1) is 8.33. The summed E-state index contributed by atoms with van der Waals surface area (Å²) in [4.78, 5) is 11.3. The third kappa shape index (κ3) is 6.68. The van der Waals surface area contributed by atoms with Crippen LogP contribution in [-0.4, -0.2) is 40.5 Å². The zero-order chi connectivity index (χ0) is 12.3. The Hall–Kier alpha value is -1.43. The fourth-order valence-electron chi connectivity index (χ4n) is 1.39. The van der Waals surface area contributed by atoms with Crippen LogP contribution in [0.1, 0.15) is 26.2 Å². The number of aryl methyl sites for hydroxylation is 1. The average molecular weight is 239 g/mol. The van der Waals surface area contributed by atoms with Crippen molar-refractivity contribution in [2.45, 2.75) is 32.7 Å². The summed E-state index contributed by atoms with van der Waals surface area (Å²) in [7, 11) is 0. The van der Waals surface area contributed by atoms with Gasteiger partial charge < -0.3 is 10.6 Å². The van der Waals surface area contributed by atoms with Gasteiger partial charge in [-0.3, -0.25) is 9.48 Å². The van der Waals surface area contributed by atoms with Crippen molar-refractivity contribution < 1.29 is 4.79 Å². The molecular weight excluding hydrogens is 218 g/mol. The van der Waals surface area contributed by atoms with Crippen LogP contribution in [0.4, 0.5) is 0 Å². The van der Waals surface area contributed by atoms with E-state index in [0.717, 1.165) is 38.9 Å². The summed E-state index contributed by atoms with van der Waals surface area (Å²) >= 11 is 0. The van der Waals surface area contributed by atoms with E-state index in [1.165, 1.54) is 0 Å². The third-order valence-electron chi connectivity index (χ3n) is 2.35. The highest BCUT2D eigenvalue weighted by Gasteiger charge is 1.98. The lowest BCUT2D eigenvalue weighted by Gasteiger charge is -2.06. The van der Waals surface area contributed by atoms with E-state index in [-0.39, 0.29) is 5.91 Å². The maximum absolute atomic E-state index is 11.3. The number of hydrogen-bond donors (Lipinski definition) is 2. The minimum Gasteiger partial charge on any atom is -0.355 e. The van der Waals surface area contributed by atoms with Crippen molar-refractivity contribution in [2.24, 2.45) is 0 Å². The highest BCUT2D eigenvalue weighted by atomic mass is 16.1. The van der Waals surface area contributed by atoms with Gasteiger partial charge in [-0.15, -0.1) is 5.10 Å². The molecule has 0 aliphatic carbocycles. The highest BCUT2D eigenvalue weighted by Crippen LogP contribution is 1.85. The molecule has 0 saturated carbocycles. The van der Waals surface area contributed by atoms with Gasteiger partial charge in [-0.2, -0.15) is 0 Å². The summed E-state index contributed by atoms with van der Waals surface area (Å²) in [5.74, 6) is 0.0687. The van der Waals surface area contributed by atoms with Crippen LogP contribution in [0, 0.1) is 0 Å². The first-order valence-electron chi connectivity index (χ1n) is 6.14. The zero-order valence-corrected chi connectivity index (χ0v) is 10.4. The van der Waals surface area contributed by atoms with E-state index in [2.05, 4.69) is 27.9 Å². The fourth-order valence-corrected chi connectivity index (χ4v) is 1.39. The van der Waals surface area contributed by atoms with Crippen molar-refractivity contribution >= 4 is 5.91 Å². The second-order valence-electron chi connectivity index (χ2n) is 3.90. The molecule has 96 valence electrons. The zero-order valence-electron chi connectivity index (χ0n) is 10.4. The van der Waals surface area contributed by atoms with Gasteiger partial charge in [0.05, 0.1) is 12.7 Å². The summed E-state index contributed by atoms with van der Waals surface area (Å²) in [6.45, 7) is 4.90. The van der Waals surface area contributed by atoms with Crippen LogP contribution in [0.15, 0.2) is 12.4 Å². The Balaban J connectivity index is 1.91. The smallest absolute Gasteiger partial charge is 0.233 e. The van der Waals surface area contributed by atoms with Gasteiger partial charge >= 0.3 is 0 Å². The van der Waals surface area contributed by atoms with E-state index in [4.69, 9.17) is 0 Å². The number of amides is 1. The second-order valence-corrected chi connectivity index (χ2v) is 3.90. The minimum absolute atomic E-state index is 0.0687. The van der Waals surface area contributed by atoms with E-state index in [1.807, 2.05) is 6.20 Å². The van der Waals surface area contributed by atoms with Gasteiger partial charge in [0.1, 0.15) is 0 Å². The first kappa shape index (κ1) is 13.6. The molecular formula is C11H21N5O. The van der Waals surface area contributed by atoms with E-state index >= 15 is 0 Å². The van der Waals surface area contributed by atoms with Gasteiger partial charge in [0.2, 0.25) is 5.91 Å². The highest BCUT2D eigenvalue weighted by molar-refractivity contribution is 5.77. The number of nitrogens with zero attached hydrogens (tertiary/aromatic N) is 3. The van der Waals surface area contributed by atoms with Gasteiger partial charge in [0.15, 0.2) is 0 Å². The predicted octanol–water partition coefficient (Wildman–Crippen LogP) is 0.174. The Bertz CT molecular complexity index is 299. The molecule has 0 radical (unpaired) electrons. The van der Waals surface area contributed by atoms with Gasteiger partial charge in [-0.25, -0.2) is 0 Å². The average Bonchev–Trinajstić information content (AvgIpc) is 2.82. The molecule has 1 aromatic heterocycles. The van der Waals surface area contributed by atoms with Crippen LogP contribution in [-0.2, 0) is 11.3 Å². The molecule has 0 bridgehead atoms. The largest absolute Gasteiger partial charge is 0.355 e. The molecule has 0 saturated heterocycles. The Morgan fingerprint density at radius 2 is 2.24 bits per heavy atom. The lowest BCUT2D eigenvalue weighted by molar-refractivity contribution is -0.120. The molecule has 0 aliphatic rings. The van der Waals surface area contributed by atoms with Crippen molar-refractivity contribution in [3.63, 3.8) is 0 Å². The molecule has 1 heterocycles. The summed E-state index contributed by atoms with van der Waals surface area (Å²) in [6.07, 6.45) is 6.57. The molecule has 17 heavy (non-hydrogen) atoms. The predicted molar refractivity (Wildman–Crippen MR) is 65.4 cm³/mol. The van der Waals surface area contributed by atoms with E-state index in [9.17, 15) is 4.79 Å². The van der Waals surface area contributed by atoms with Crippen LogP contribution in [0.3, 0.4) is 0 Å². The van der Waals surface area contributed by atoms with Crippen molar-refractivity contribution in [1.29, 1.82) is 0 Å². The molecule has 2 N–H and O–H groups in total. The van der Waals surface area contributed by atoms with Crippen LogP contribution in [0.25, 0.3) is 0 Å². The normalized spacial score (nSPS) is 10.4. The number of aromatic nitrogens is 3. The Labute approximate surface area is 102 Å². The minimum atomic E-state index is 0.0687. The summed E-state index contributed by atoms with van der Waals surface area (Å²) < 4.78 is 1.78. The maximum Gasteiger partial charge on any atom is 0.233 e. The van der Waals surface area contributed by atoms with Crippen LogP contribution >= 0.6 is 0 Å². The SMILES string of the molecule is CCCCNC(=O)CNCCCn1ccnn1. The lowest BCUT2D eigenvalue weighted by Crippen LogP contribution is -2.34. The molecule has 1 amide bonds. The number of unbranched alkanes of at least 4 members (excludes halogenated alkanes) is 1. The van der Waals surface area contributed by atoms with Gasteiger partial charge in [0, 0.05) is 19.3 Å². The Kier molecular flexibility index (Phi) is 6.97. The molecule has 6 nitrogen and oxygen atoms in total. The van der Waals surface area contributed by atoms with Crippen LogP contribution < -0.4 is 10.6 Å². The summed E-state index contributed by atoms with van der Waals surface area (Å²) in [5, 5.41) is 13.5. The molecule has 1 rings (SSSR count). The molecule has 0 aliphatic heterocycles. The van der Waals surface area contributed by atoms with Crippen molar-refractivity contribution in [1.82, 2.24) is 25.6 Å². The lowest BCUT2D eigenvalue weighted by atomic mass is 10.3. The van der Waals surface area contributed by atoms with E-state index in [1.54, 1.807) is 10.9 Å². The number of carbonyl (C=O) groups is 1. The molecule has 0 atom stereocenters. The van der Waals surface area contributed by atoms with Gasteiger partial charge in [-0.1, -0.05) is 18.6 Å². The maximum atomic E-state index is 11.3. The first-order valence-corrected chi connectivity index (χ1v) is 6.14. The van der Waals surface area contributed by atoms with Gasteiger partial charge in [0.25, 0.3) is 0 Å². The quantitative estimate of drug-likeness (QED) is 0.603. The van der Waals surface area contributed by atoms with E-state index < -0.39 is 0 Å². The standard InChI is InChI=1S/C11H21N5O/c1-2-3-6-13-11(17)10-12-5-4-8-16-9-7-14-15-16/h7,9,12H,2-6,8,10H2,1H3,(H,13,17). The van der Waals surface area contributed by atoms with Crippen molar-refractivity contribution in [3.05, 3.63) is 12.4 Å². The van der Waals surface area contributed by atoms with Crippen LogP contribution in [0.5, 0.6) is 0 Å². The molecule has 0 unspecified atom stereocenters. The molecule has 1 aromatic rings. The van der Waals surface area contributed by atoms with Gasteiger partial charge in [-0.05, 0) is 19.4 Å². The number of nitrogens with one attached hydrogen (secondary N) is 2. The van der Waals surface area contributed by atoms with Crippen LogP contribution in [0.2, 0.25) is 0 Å². The molecule has 0 fully saturated rings. The summed E-state index contributed by atoms with van der Waals surface area (Å²) in [5.41, 5.74) is 0. The van der Waals surface area contributed by atoms with Crippen molar-refractivity contribution in [2.75, 3.05) is 19.6 Å². The Morgan fingerprint density at radius 1 is 1.35 bits per heavy atom. The topological polar surface area (TPSA) is 71.8 Å². The number of rotatable bonds is 9. The second kappa shape index (κ2) is 8.69. The van der Waals surface area contributed by atoms with E-state index in [0.29, 0.717) is 6.54 Å². The molecule has 0 spiro atoms. The third-order valence-corrected chi connectivity index (χ3v) is 2.35. The Morgan fingerprint density at radius 3 is 2.94 bits per heavy atom. The fraction of sp³-hybridized carbons (Fsp3) is 0.727. The number of hydrogen-bond acceptors (Lipinski definition) is 4. The summed E-state index contributed by atoms with van der Waals surface area (Å²) in [6, 6.07) is 0. The molecule has 6 heteroatoms. The monoisotopic (exact) mass is 239 g/mol. The van der Waals surface area contributed by atoms with Crippen molar-refractivity contribution in [3.8, 4) is 0 Å².